The van der Waals surface area contributed by atoms with Gasteiger partial charge in [0, 0.05) is 26.2 Å². The molecule has 2 aliphatic rings. The number of nitrogens with one attached hydrogen (secondary N) is 2. The number of sulfonamides is 1. The standard InChI is InChI=1S/C20H30N4O5S/c1-15-11-16-17(29-14-20(26)22-16)12-18(15)30(27,28)23(2)13-19(25)21-7-10-24-8-5-3-4-6-9-24/h11-12H,3-10,13-14H2,1-2H3,(H,21,25)(H,22,26). The molecule has 0 unspecified atom stereocenters. The minimum Gasteiger partial charge on any atom is -0.482 e. The van der Waals surface area contributed by atoms with E-state index < -0.39 is 10.0 Å². The van der Waals surface area contributed by atoms with Crippen molar-refractivity contribution in [3.05, 3.63) is 17.7 Å². The highest BCUT2D eigenvalue weighted by molar-refractivity contribution is 7.89. The zero-order valence-corrected chi connectivity index (χ0v) is 18.4. The molecule has 1 aromatic rings. The summed E-state index contributed by atoms with van der Waals surface area (Å²) in [7, 11) is -2.51. The van der Waals surface area contributed by atoms with Gasteiger partial charge in [0.1, 0.15) is 5.75 Å². The monoisotopic (exact) mass is 438 g/mol. The Morgan fingerprint density at radius 2 is 1.93 bits per heavy atom. The number of aryl methyl sites for hydroxylation is 1. The van der Waals surface area contributed by atoms with Crippen LogP contribution in [0, 0.1) is 6.92 Å². The predicted molar refractivity (Wildman–Crippen MR) is 113 cm³/mol. The third-order valence-electron chi connectivity index (χ3n) is 5.41. The number of rotatable bonds is 7. The number of likely N-dealkylation sites (tertiary alicyclic amines) is 1. The first-order valence-corrected chi connectivity index (χ1v) is 11.7. The highest BCUT2D eigenvalue weighted by Gasteiger charge is 2.28. The topological polar surface area (TPSA) is 108 Å². The summed E-state index contributed by atoms with van der Waals surface area (Å²) >= 11 is 0. The Labute approximate surface area is 177 Å². The van der Waals surface area contributed by atoms with E-state index in [1.54, 1.807) is 13.0 Å². The van der Waals surface area contributed by atoms with Gasteiger partial charge in [0.05, 0.1) is 17.1 Å². The summed E-state index contributed by atoms with van der Waals surface area (Å²) in [6.07, 6.45) is 4.88. The molecule has 2 aliphatic heterocycles. The molecule has 2 heterocycles. The maximum Gasteiger partial charge on any atom is 0.262 e. The van der Waals surface area contributed by atoms with Crippen LogP contribution in [0.4, 0.5) is 5.69 Å². The Hall–Kier alpha value is -2.17. The average Bonchev–Trinajstić information content (AvgIpc) is 2.96. The van der Waals surface area contributed by atoms with Gasteiger partial charge in [-0.1, -0.05) is 12.8 Å². The van der Waals surface area contributed by atoms with E-state index in [0.29, 0.717) is 23.5 Å². The number of anilines is 1. The second-order valence-electron chi connectivity index (χ2n) is 7.82. The van der Waals surface area contributed by atoms with E-state index in [9.17, 15) is 18.0 Å². The first-order valence-electron chi connectivity index (χ1n) is 10.3. The van der Waals surface area contributed by atoms with Gasteiger partial charge in [-0.3, -0.25) is 9.59 Å². The molecule has 2 N–H and O–H groups in total. The van der Waals surface area contributed by atoms with Crippen LogP contribution in [0.3, 0.4) is 0 Å². The number of carbonyl (C=O) groups excluding carboxylic acids is 2. The molecular formula is C20H30N4O5S. The van der Waals surface area contributed by atoms with Gasteiger partial charge in [-0.05, 0) is 44.5 Å². The van der Waals surface area contributed by atoms with Crippen LogP contribution in [0.25, 0.3) is 0 Å². The zero-order valence-electron chi connectivity index (χ0n) is 17.6. The van der Waals surface area contributed by atoms with Gasteiger partial charge in [-0.25, -0.2) is 8.42 Å². The fourth-order valence-corrected chi connectivity index (χ4v) is 5.06. The van der Waals surface area contributed by atoms with Crippen molar-refractivity contribution >= 4 is 27.5 Å². The molecule has 0 radical (unpaired) electrons. The Morgan fingerprint density at radius 1 is 1.23 bits per heavy atom. The van der Waals surface area contributed by atoms with Gasteiger partial charge in [-0.2, -0.15) is 4.31 Å². The van der Waals surface area contributed by atoms with Gasteiger partial charge in [0.2, 0.25) is 15.9 Å². The third kappa shape index (κ3) is 5.50. The van der Waals surface area contributed by atoms with Crippen LogP contribution in [-0.4, -0.2) is 75.8 Å². The predicted octanol–water partition coefficient (Wildman–Crippen LogP) is 0.939. The number of benzene rings is 1. The number of hydrogen-bond acceptors (Lipinski definition) is 6. The molecule has 1 fully saturated rings. The maximum atomic E-state index is 13.0. The van der Waals surface area contributed by atoms with Crippen LogP contribution in [0.2, 0.25) is 0 Å². The Balaban J connectivity index is 1.58. The molecule has 10 heteroatoms. The van der Waals surface area contributed by atoms with E-state index in [0.717, 1.165) is 23.9 Å². The van der Waals surface area contributed by atoms with Crippen LogP contribution >= 0.6 is 0 Å². The lowest BCUT2D eigenvalue weighted by atomic mass is 10.2. The fraction of sp³-hybridized carbons (Fsp3) is 0.600. The smallest absolute Gasteiger partial charge is 0.262 e. The highest BCUT2D eigenvalue weighted by atomic mass is 32.2. The summed E-state index contributed by atoms with van der Waals surface area (Å²) in [6, 6.07) is 2.96. The molecule has 1 aromatic carbocycles. The largest absolute Gasteiger partial charge is 0.482 e. The zero-order chi connectivity index (χ0) is 21.7. The van der Waals surface area contributed by atoms with Crippen LogP contribution in [0.5, 0.6) is 5.75 Å². The summed E-state index contributed by atoms with van der Waals surface area (Å²) in [5.41, 5.74) is 0.907. The SMILES string of the molecule is Cc1cc2c(cc1S(=O)(=O)N(C)CC(=O)NCCN1CCCCCC1)OCC(=O)N2. The molecule has 0 bridgehead atoms. The number of hydrogen-bond donors (Lipinski definition) is 2. The van der Waals surface area contributed by atoms with Crippen LogP contribution < -0.4 is 15.4 Å². The summed E-state index contributed by atoms with van der Waals surface area (Å²) in [5.74, 6) is -0.324. The van der Waals surface area contributed by atoms with Crippen molar-refractivity contribution in [1.82, 2.24) is 14.5 Å². The van der Waals surface area contributed by atoms with E-state index in [-0.39, 0.29) is 29.9 Å². The second-order valence-corrected chi connectivity index (χ2v) is 9.83. The summed E-state index contributed by atoms with van der Waals surface area (Å²) in [5, 5.41) is 5.47. The molecule has 0 saturated carbocycles. The minimum absolute atomic E-state index is 0.0530. The van der Waals surface area contributed by atoms with Crippen molar-refractivity contribution in [1.29, 1.82) is 0 Å². The van der Waals surface area contributed by atoms with Crippen molar-refractivity contribution in [2.45, 2.75) is 37.5 Å². The summed E-state index contributed by atoms with van der Waals surface area (Å²) < 4.78 is 32.3. The number of carbonyl (C=O) groups is 2. The van der Waals surface area contributed by atoms with Gasteiger partial charge in [0.15, 0.2) is 6.61 Å². The minimum atomic E-state index is -3.89. The summed E-state index contributed by atoms with van der Waals surface area (Å²) in [4.78, 5) is 26.1. The molecule has 9 nitrogen and oxygen atoms in total. The molecule has 2 amide bonds. The first-order chi connectivity index (χ1) is 14.3. The quantitative estimate of drug-likeness (QED) is 0.656. The molecule has 1 saturated heterocycles. The van der Waals surface area contributed by atoms with Crippen LogP contribution in [-0.2, 0) is 19.6 Å². The fourth-order valence-electron chi connectivity index (χ4n) is 3.72. The average molecular weight is 439 g/mol. The molecule has 0 spiro atoms. The lowest BCUT2D eigenvalue weighted by Gasteiger charge is -2.23. The molecular weight excluding hydrogens is 408 g/mol. The van der Waals surface area contributed by atoms with Crippen LogP contribution in [0.15, 0.2) is 17.0 Å². The maximum absolute atomic E-state index is 13.0. The number of ether oxygens (including phenoxy) is 1. The molecule has 166 valence electrons. The van der Waals surface area contributed by atoms with Crippen molar-refractivity contribution in [2.75, 3.05) is 51.7 Å². The molecule has 0 atom stereocenters. The van der Waals surface area contributed by atoms with E-state index in [1.165, 1.54) is 38.8 Å². The number of likely N-dealkylation sites (N-methyl/N-ethyl adjacent to an activating group) is 1. The lowest BCUT2D eigenvalue weighted by Crippen LogP contribution is -2.41. The van der Waals surface area contributed by atoms with Crippen molar-refractivity contribution in [2.24, 2.45) is 0 Å². The molecule has 0 aromatic heterocycles. The number of fused-ring (bicyclic) bond motifs is 1. The first kappa shape index (κ1) is 22.5. The third-order valence-corrected chi connectivity index (χ3v) is 7.36. The molecule has 0 aliphatic carbocycles. The second kappa shape index (κ2) is 9.76. The normalized spacial score (nSPS) is 17.6. The summed E-state index contributed by atoms with van der Waals surface area (Å²) in [6.45, 7) is 4.58. The van der Waals surface area contributed by atoms with Crippen molar-refractivity contribution in [3.8, 4) is 5.75 Å². The van der Waals surface area contributed by atoms with Gasteiger partial charge < -0.3 is 20.3 Å². The van der Waals surface area contributed by atoms with Gasteiger partial charge in [0.25, 0.3) is 5.91 Å². The van der Waals surface area contributed by atoms with Gasteiger partial charge in [-0.15, -0.1) is 0 Å². The Morgan fingerprint density at radius 3 is 2.63 bits per heavy atom. The van der Waals surface area contributed by atoms with Crippen molar-refractivity contribution < 1.29 is 22.7 Å². The number of amides is 2. The Bertz CT molecular complexity index is 895. The molecule has 3 rings (SSSR count). The van der Waals surface area contributed by atoms with Crippen molar-refractivity contribution in [3.63, 3.8) is 0 Å². The van der Waals surface area contributed by atoms with E-state index in [1.807, 2.05) is 0 Å². The van der Waals surface area contributed by atoms with Crippen LogP contribution in [0.1, 0.15) is 31.2 Å². The Kier molecular flexibility index (Phi) is 7.32. The lowest BCUT2D eigenvalue weighted by molar-refractivity contribution is -0.121. The van der Waals surface area contributed by atoms with Gasteiger partial charge >= 0.3 is 0 Å². The number of nitrogens with zero attached hydrogens (tertiary/aromatic N) is 2. The van der Waals surface area contributed by atoms with E-state index in [4.69, 9.17) is 4.74 Å². The van der Waals surface area contributed by atoms with E-state index in [2.05, 4.69) is 15.5 Å². The highest BCUT2D eigenvalue weighted by Crippen LogP contribution is 2.33. The van der Waals surface area contributed by atoms with E-state index >= 15 is 0 Å². The molecule has 30 heavy (non-hydrogen) atoms.